The fourth-order valence-corrected chi connectivity index (χ4v) is 5.76. The van der Waals surface area contributed by atoms with Gasteiger partial charge in [0.05, 0.1) is 0 Å². The van der Waals surface area contributed by atoms with Crippen LogP contribution in [-0.4, -0.2) is 35.9 Å². The summed E-state index contributed by atoms with van der Waals surface area (Å²) in [7, 11) is -3.45. The average Bonchev–Trinajstić information content (AvgIpc) is 3.65. The number of hydrogen-bond donors (Lipinski definition) is 0. The van der Waals surface area contributed by atoms with Crippen LogP contribution in [0.4, 0.5) is 0 Å². The van der Waals surface area contributed by atoms with Crippen LogP contribution in [0.2, 0.25) is 0 Å². The summed E-state index contributed by atoms with van der Waals surface area (Å²) in [6.07, 6.45) is 10.5. The van der Waals surface area contributed by atoms with Crippen molar-refractivity contribution in [2.75, 3.05) is 6.61 Å². The van der Waals surface area contributed by atoms with E-state index in [1.165, 1.54) is 0 Å². The summed E-state index contributed by atoms with van der Waals surface area (Å²) < 4.78 is 26.0. The Hall–Kier alpha value is -3.74. The molecule has 32 heavy (non-hydrogen) atoms. The van der Waals surface area contributed by atoms with Crippen LogP contribution >= 0.6 is 7.37 Å². The molecule has 0 spiro atoms. The van der Waals surface area contributed by atoms with E-state index >= 15 is 0 Å². The van der Waals surface area contributed by atoms with Gasteiger partial charge in [0.25, 0.3) is 13.2 Å². The highest BCUT2D eigenvalue weighted by atomic mass is 31.2. The highest BCUT2D eigenvalue weighted by Gasteiger charge is 2.42. The molecule has 2 aromatic carbocycles. The summed E-state index contributed by atoms with van der Waals surface area (Å²) >= 11 is 0. The second kappa shape index (κ2) is 8.42. The fourth-order valence-electron chi connectivity index (χ4n) is 3.68. The molecule has 3 heterocycles. The summed E-state index contributed by atoms with van der Waals surface area (Å²) in [6, 6.07) is 24.0. The Morgan fingerprint density at radius 2 is 1.06 bits per heavy atom. The largest absolute Gasteiger partial charge is 0.315 e. The lowest BCUT2D eigenvalue weighted by Gasteiger charge is -2.35. The third kappa shape index (κ3) is 3.39. The van der Waals surface area contributed by atoms with Crippen molar-refractivity contribution >= 4 is 18.0 Å². The van der Waals surface area contributed by atoms with Gasteiger partial charge in [0.15, 0.2) is 0 Å². The van der Waals surface area contributed by atoms with Gasteiger partial charge in [0, 0.05) is 47.8 Å². The lowest BCUT2D eigenvalue weighted by atomic mass is 10.3. The Labute approximate surface area is 185 Å². The van der Waals surface area contributed by atoms with Crippen LogP contribution in [0.3, 0.4) is 0 Å². The van der Waals surface area contributed by atoms with Crippen molar-refractivity contribution in [2.24, 2.45) is 0 Å². The molecule has 5 rings (SSSR count). The Bertz CT molecular complexity index is 1160. The molecule has 0 aliphatic rings. The predicted octanol–water partition coefficient (Wildman–Crippen LogP) is 2.93. The Balaban J connectivity index is 1.65. The second-order valence-corrected chi connectivity index (χ2v) is 9.52. The Morgan fingerprint density at radius 1 is 0.656 bits per heavy atom. The van der Waals surface area contributed by atoms with E-state index in [1.807, 2.05) is 97.5 Å². The molecule has 0 saturated heterocycles. The maximum absolute atomic E-state index is 14.5. The van der Waals surface area contributed by atoms with Crippen LogP contribution in [0.1, 0.15) is 0 Å². The van der Waals surface area contributed by atoms with E-state index in [0.29, 0.717) is 10.6 Å². The summed E-state index contributed by atoms with van der Waals surface area (Å²) in [5, 5.41) is 14.6. The maximum atomic E-state index is 14.5. The maximum Gasteiger partial charge on any atom is 0.273 e. The topological polar surface area (TPSA) is 79.8 Å². The highest BCUT2D eigenvalue weighted by molar-refractivity contribution is 7.74. The van der Waals surface area contributed by atoms with Crippen molar-refractivity contribution in [3.8, 4) is 0 Å². The van der Waals surface area contributed by atoms with Crippen molar-refractivity contribution < 1.29 is 9.09 Å². The molecule has 0 saturated carbocycles. The lowest BCUT2D eigenvalue weighted by molar-refractivity contribution is 0.0519. The van der Waals surface area contributed by atoms with E-state index < -0.39 is 13.2 Å². The van der Waals surface area contributed by atoms with Gasteiger partial charge in [0.1, 0.15) is 6.61 Å². The highest BCUT2D eigenvalue weighted by Crippen LogP contribution is 2.46. The molecule has 0 N–H and O–H groups in total. The van der Waals surface area contributed by atoms with Gasteiger partial charge in [-0.2, -0.15) is 15.3 Å². The first-order valence-corrected chi connectivity index (χ1v) is 11.7. The molecule has 0 fully saturated rings. The molecule has 5 aromatic rings. The van der Waals surface area contributed by atoms with Gasteiger partial charge in [-0.1, -0.05) is 36.4 Å². The molecule has 160 valence electrons. The molecule has 9 heteroatoms. The zero-order valence-corrected chi connectivity index (χ0v) is 18.0. The third-order valence-corrected chi connectivity index (χ3v) is 7.69. The van der Waals surface area contributed by atoms with E-state index in [-0.39, 0.29) is 6.61 Å². The Kier molecular flexibility index (Phi) is 5.31. The average molecular weight is 444 g/mol. The van der Waals surface area contributed by atoms with E-state index in [0.717, 1.165) is 0 Å². The zero-order valence-electron chi connectivity index (χ0n) is 17.1. The minimum Gasteiger partial charge on any atom is -0.315 e. The number of benzene rings is 2. The molecule has 0 unspecified atom stereocenters. The third-order valence-electron chi connectivity index (χ3n) is 5.25. The van der Waals surface area contributed by atoms with Crippen LogP contribution < -0.4 is 10.6 Å². The van der Waals surface area contributed by atoms with Crippen molar-refractivity contribution in [1.29, 1.82) is 0 Å². The normalized spacial score (nSPS) is 12.1. The first-order chi connectivity index (χ1) is 15.7. The van der Waals surface area contributed by atoms with Gasteiger partial charge in [0.2, 0.25) is 0 Å². The van der Waals surface area contributed by atoms with Crippen LogP contribution in [-0.2, 0) is 14.9 Å². The minimum absolute atomic E-state index is 0.0426. The van der Waals surface area contributed by atoms with E-state index in [1.54, 1.807) is 32.6 Å². The fraction of sp³-hybridized carbons (Fsp3) is 0.0870. The van der Waals surface area contributed by atoms with Gasteiger partial charge in [-0.3, -0.25) is 4.57 Å². The number of aromatic nitrogens is 6. The van der Waals surface area contributed by atoms with Crippen LogP contribution in [0, 0.1) is 0 Å². The molecule has 0 aliphatic carbocycles. The minimum atomic E-state index is -3.45. The van der Waals surface area contributed by atoms with Crippen LogP contribution in [0.5, 0.6) is 0 Å². The second-order valence-electron chi connectivity index (χ2n) is 7.12. The van der Waals surface area contributed by atoms with Gasteiger partial charge < -0.3 is 4.52 Å². The first-order valence-electron chi connectivity index (χ1n) is 10.1. The van der Waals surface area contributed by atoms with Crippen molar-refractivity contribution in [1.82, 2.24) is 29.3 Å². The standard InChI is InChI=1S/C23H21N6O2P/c30-32(21-10-3-1-4-11-21,22-12-5-2-6-13-22)31-20-23(27-17-7-14-24-27,28-18-8-15-25-28)29-19-9-16-26-29/h1-19H,20H2. The molecule has 0 amide bonds. The quantitative estimate of drug-likeness (QED) is 0.344. The smallest absolute Gasteiger partial charge is 0.273 e. The molecular formula is C23H21N6O2P. The van der Waals surface area contributed by atoms with Crippen LogP contribution in [0.25, 0.3) is 0 Å². The lowest BCUT2D eigenvalue weighted by Crippen LogP contribution is -2.52. The summed E-state index contributed by atoms with van der Waals surface area (Å²) in [5.74, 6) is -1.14. The molecule has 0 atom stereocenters. The number of hydrogen-bond acceptors (Lipinski definition) is 5. The van der Waals surface area contributed by atoms with Gasteiger partial charge in [-0.15, -0.1) is 0 Å². The first kappa shape index (κ1) is 20.2. The molecular weight excluding hydrogens is 423 g/mol. The van der Waals surface area contributed by atoms with E-state index in [9.17, 15) is 4.57 Å². The molecule has 0 bridgehead atoms. The molecule has 0 radical (unpaired) electrons. The van der Waals surface area contributed by atoms with E-state index in [2.05, 4.69) is 15.3 Å². The van der Waals surface area contributed by atoms with Crippen molar-refractivity contribution in [2.45, 2.75) is 5.79 Å². The van der Waals surface area contributed by atoms with Crippen LogP contribution in [0.15, 0.2) is 116 Å². The van der Waals surface area contributed by atoms with Gasteiger partial charge >= 0.3 is 0 Å². The summed E-state index contributed by atoms with van der Waals surface area (Å²) in [4.78, 5) is 0. The molecule has 3 aromatic heterocycles. The molecule has 8 nitrogen and oxygen atoms in total. The Morgan fingerprint density at radius 3 is 1.41 bits per heavy atom. The van der Waals surface area contributed by atoms with Crippen molar-refractivity contribution in [3.05, 3.63) is 116 Å². The number of rotatable bonds is 8. The molecule has 0 aliphatic heterocycles. The number of nitrogens with zero attached hydrogens (tertiary/aromatic N) is 6. The monoisotopic (exact) mass is 444 g/mol. The predicted molar refractivity (Wildman–Crippen MR) is 121 cm³/mol. The van der Waals surface area contributed by atoms with Gasteiger partial charge in [-0.05, 0) is 42.5 Å². The summed E-state index contributed by atoms with van der Waals surface area (Å²) in [5.41, 5.74) is 0. The summed E-state index contributed by atoms with van der Waals surface area (Å²) in [6.45, 7) is -0.0426. The van der Waals surface area contributed by atoms with Gasteiger partial charge in [-0.25, -0.2) is 14.0 Å². The van der Waals surface area contributed by atoms with Crippen molar-refractivity contribution in [3.63, 3.8) is 0 Å². The SMILES string of the molecule is O=P(OCC(n1cccn1)(n1cccn1)n1cccn1)(c1ccccc1)c1ccccc1. The van der Waals surface area contributed by atoms with E-state index in [4.69, 9.17) is 4.52 Å². The zero-order chi connectivity index (χ0) is 21.9.